The topological polar surface area (TPSA) is 9.86 Å². The van der Waals surface area contributed by atoms with Crippen LogP contribution in [-0.2, 0) is 0 Å². The summed E-state index contributed by atoms with van der Waals surface area (Å²) in [6.45, 7) is 0. The first kappa shape index (κ1) is 24.8. The van der Waals surface area contributed by atoms with Crippen molar-refractivity contribution >= 4 is 75.1 Å². The van der Waals surface area contributed by atoms with E-state index in [9.17, 15) is 0 Å². The summed E-state index contributed by atoms with van der Waals surface area (Å²) in [4.78, 5) is 0. The van der Waals surface area contributed by atoms with Gasteiger partial charge in [-0.25, -0.2) is 0 Å². The molecule has 0 fully saturated rings. The van der Waals surface area contributed by atoms with E-state index in [0.717, 1.165) is 0 Å². The Balaban J connectivity index is 1.08. The molecule has 45 heavy (non-hydrogen) atoms. The minimum absolute atomic E-state index is 1.17. The zero-order valence-electron chi connectivity index (χ0n) is 24.3. The van der Waals surface area contributed by atoms with Crippen LogP contribution in [0, 0.1) is 0 Å². The lowest BCUT2D eigenvalue weighted by Crippen LogP contribution is -1.94. The Morgan fingerprint density at radius 2 is 0.756 bits per heavy atom. The lowest BCUT2D eigenvalue weighted by Gasteiger charge is -2.11. The molecule has 0 saturated heterocycles. The zero-order chi connectivity index (χ0) is 29.5. The minimum Gasteiger partial charge on any atom is -0.309 e. The molecule has 0 aliphatic carbocycles. The van der Waals surface area contributed by atoms with Gasteiger partial charge in [-0.3, -0.25) is 0 Å². The summed E-state index contributed by atoms with van der Waals surface area (Å²) in [5.41, 5.74) is 9.70. The van der Waals surface area contributed by atoms with Crippen molar-refractivity contribution in [2.45, 2.75) is 0 Å². The summed E-state index contributed by atoms with van der Waals surface area (Å²) >= 11 is 1.88. The van der Waals surface area contributed by atoms with Crippen molar-refractivity contribution < 1.29 is 0 Å². The Morgan fingerprint density at radius 3 is 1.31 bits per heavy atom. The van der Waals surface area contributed by atoms with Gasteiger partial charge in [-0.05, 0) is 71.8 Å². The average Bonchev–Trinajstić information content (AvgIpc) is 3.75. The number of rotatable bonds is 3. The van der Waals surface area contributed by atoms with Crippen molar-refractivity contribution in [2.75, 3.05) is 0 Å². The second-order valence-corrected chi connectivity index (χ2v) is 12.9. The fourth-order valence-electron chi connectivity index (χ4n) is 7.27. The van der Waals surface area contributed by atoms with Crippen LogP contribution in [0.4, 0.5) is 0 Å². The van der Waals surface area contributed by atoms with E-state index in [1.54, 1.807) is 0 Å². The van der Waals surface area contributed by atoms with Gasteiger partial charge in [-0.15, -0.1) is 11.3 Å². The molecule has 3 heterocycles. The lowest BCUT2D eigenvalue weighted by molar-refractivity contribution is 1.18. The Labute approximate surface area is 263 Å². The molecule has 0 saturated carbocycles. The van der Waals surface area contributed by atoms with E-state index in [2.05, 4.69) is 167 Å². The van der Waals surface area contributed by atoms with Gasteiger partial charge in [0.1, 0.15) is 0 Å². The number of nitrogens with zero attached hydrogens (tertiary/aromatic N) is 2. The fourth-order valence-corrected chi connectivity index (χ4v) is 8.40. The van der Waals surface area contributed by atoms with E-state index in [1.807, 2.05) is 11.3 Å². The highest BCUT2D eigenvalue weighted by Gasteiger charge is 2.16. The van der Waals surface area contributed by atoms with Crippen LogP contribution in [0.25, 0.3) is 86.3 Å². The number of benzene rings is 7. The number of hydrogen-bond acceptors (Lipinski definition) is 1. The maximum absolute atomic E-state index is 2.42. The molecule has 0 amide bonds. The van der Waals surface area contributed by atoms with Gasteiger partial charge in [-0.2, -0.15) is 0 Å². The van der Waals surface area contributed by atoms with Gasteiger partial charge in [-0.1, -0.05) is 97.1 Å². The largest absolute Gasteiger partial charge is 0.309 e. The van der Waals surface area contributed by atoms with E-state index < -0.39 is 0 Å². The maximum Gasteiger partial charge on any atom is 0.0548 e. The molecule has 3 aromatic heterocycles. The molecule has 0 radical (unpaired) electrons. The molecule has 3 heteroatoms. The molecule has 0 N–H and O–H groups in total. The van der Waals surface area contributed by atoms with E-state index in [0.29, 0.717) is 0 Å². The number of aromatic nitrogens is 2. The van der Waals surface area contributed by atoms with Crippen LogP contribution in [0.15, 0.2) is 158 Å². The minimum atomic E-state index is 1.17. The van der Waals surface area contributed by atoms with Crippen LogP contribution in [0.1, 0.15) is 0 Å². The quantitative estimate of drug-likeness (QED) is 0.194. The van der Waals surface area contributed by atoms with Crippen molar-refractivity contribution in [3.63, 3.8) is 0 Å². The van der Waals surface area contributed by atoms with E-state index in [1.165, 1.54) is 86.3 Å². The van der Waals surface area contributed by atoms with E-state index in [-0.39, 0.29) is 0 Å². The Kier molecular flexibility index (Phi) is 5.19. The molecule has 0 atom stereocenters. The number of thiophene rings is 1. The third-order valence-corrected chi connectivity index (χ3v) is 10.5. The highest BCUT2D eigenvalue weighted by atomic mass is 32.1. The SMILES string of the molecule is c1ccc2c(c1)sc1cc3c4ccccc4n(-c4ccc(-c5ccc(-n6c7ccccc7c7ccccc76)cc5)cc4)c3cc12. The highest BCUT2D eigenvalue weighted by molar-refractivity contribution is 7.25. The van der Waals surface area contributed by atoms with Gasteiger partial charge in [0.05, 0.1) is 22.1 Å². The molecular formula is C42H26N2S. The summed E-state index contributed by atoms with van der Waals surface area (Å²) in [6, 6.07) is 57.6. The van der Waals surface area contributed by atoms with Crippen molar-refractivity contribution in [3.8, 4) is 22.5 Å². The van der Waals surface area contributed by atoms with Gasteiger partial charge in [0, 0.05) is 53.1 Å². The van der Waals surface area contributed by atoms with Gasteiger partial charge in [0.2, 0.25) is 0 Å². The van der Waals surface area contributed by atoms with Crippen molar-refractivity contribution in [1.82, 2.24) is 9.13 Å². The molecule has 0 spiro atoms. The Morgan fingerprint density at radius 1 is 0.311 bits per heavy atom. The lowest BCUT2D eigenvalue weighted by atomic mass is 10.0. The zero-order valence-corrected chi connectivity index (χ0v) is 25.1. The standard InChI is InChI=1S/C42H26N2S/c1-5-13-37-31(9-1)32-10-2-6-14-38(32)43(37)29-21-17-27(18-22-29)28-19-23-30(24-20-28)44-39-15-7-3-11-33(39)35-26-42-36(25-40(35)44)34-12-4-8-16-41(34)45-42/h1-26H. The predicted molar refractivity (Wildman–Crippen MR) is 193 cm³/mol. The van der Waals surface area contributed by atoms with Crippen molar-refractivity contribution in [3.05, 3.63) is 158 Å². The first-order chi connectivity index (χ1) is 22.3. The van der Waals surface area contributed by atoms with Crippen LogP contribution in [-0.4, -0.2) is 9.13 Å². The van der Waals surface area contributed by atoms with E-state index >= 15 is 0 Å². The maximum atomic E-state index is 2.42. The third-order valence-electron chi connectivity index (χ3n) is 9.34. The van der Waals surface area contributed by atoms with Gasteiger partial charge in [0.15, 0.2) is 0 Å². The molecule has 0 aliphatic heterocycles. The first-order valence-electron chi connectivity index (χ1n) is 15.4. The number of hydrogen-bond donors (Lipinski definition) is 0. The molecule has 0 bridgehead atoms. The molecule has 0 aliphatic rings. The predicted octanol–water partition coefficient (Wildman–Crippen LogP) is 11.9. The number of para-hydroxylation sites is 3. The van der Waals surface area contributed by atoms with Crippen molar-refractivity contribution in [1.29, 1.82) is 0 Å². The van der Waals surface area contributed by atoms with Crippen LogP contribution in [0.2, 0.25) is 0 Å². The number of fused-ring (bicyclic) bond motifs is 9. The second-order valence-electron chi connectivity index (χ2n) is 11.8. The Hall–Kier alpha value is -5.64. The van der Waals surface area contributed by atoms with Crippen LogP contribution < -0.4 is 0 Å². The van der Waals surface area contributed by atoms with Crippen LogP contribution in [0.5, 0.6) is 0 Å². The average molecular weight is 591 g/mol. The molecule has 2 nitrogen and oxygen atoms in total. The van der Waals surface area contributed by atoms with Gasteiger partial charge < -0.3 is 9.13 Å². The molecule has 210 valence electrons. The summed E-state index contributed by atoms with van der Waals surface area (Å²) in [5.74, 6) is 0. The normalized spacial score (nSPS) is 12.0. The van der Waals surface area contributed by atoms with E-state index in [4.69, 9.17) is 0 Å². The summed E-state index contributed by atoms with van der Waals surface area (Å²) in [6.07, 6.45) is 0. The highest BCUT2D eigenvalue weighted by Crippen LogP contribution is 2.41. The monoisotopic (exact) mass is 590 g/mol. The third kappa shape index (κ3) is 3.62. The summed E-state index contributed by atoms with van der Waals surface area (Å²) in [7, 11) is 0. The van der Waals surface area contributed by atoms with Crippen LogP contribution >= 0.6 is 11.3 Å². The van der Waals surface area contributed by atoms with Crippen molar-refractivity contribution in [2.24, 2.45) is 0 Å². The van der Waals surface area contributed by atoms with Gasteiger partial charge in [0.25, 0.3) is 0 Å². The summed E-state index contributed by atoms with van der Waals surface area (Å²) in [5, 5.41) is 7.81. The summed E-state index contributed by atoms with van der Waals surface area (Å²) < 4.78 is 7.47. The molecule has 10 aromatic rings. The smallest absolute Gasteiger partial charge is 0.0548 e. The molecular weight excluding hydrogens is 565 g/mol. The molecule has 7 aromatic carbocycles. The Bertz CT molecular complexity index is 2690. The van der Waals surface area contributed by atoms with Crippen LogP contribution in [0.3, 0.4) is 0 Å². The molecule has 10 rings (SSSR count). The second kappa shape index (κ2) is 9.43. The fraction of sp³-hybridized carbons (Fsp3) is 0. The molecule has 0 unspecified atom stereocenters. The first-order valence-corrected chi connectivity index (χ1v) is 16.2. The van der Waals surface area contributed by atoms with Gasteiger partial charge >= 0.3 is 0 Å².